The van der Waals surface area contributed by atoms with Crippen LogP contribution >= 0.6 is 11.6 Å². The molecule has 2 amide bonds. The Kier molecular flexibility index (Phi) is 5.32. The van der Waals surface area contributed by atoms with Crippen molar-refractivity contribution in [3.63, 3.8) is 0 Å². The number of ether oxygens (including phenoxy) is 2. The predicted octanol–water partition coefficient (Wildman–Crippen LogP) is 3.35. The van der Waals surface area contributed by atoms with Gasteiger partial charge in [-0.3, -0.25) is 9.59 Å². The van der Waals surface area contributed by atoms with E-state index < -0.39 is 5.92 Å². The highest BCUT2D eigenvalue weighted by Crippen LogP contribution is 2.31. The van der Waals surface area contributed by atoms with E-state index >= 15 is 0 Å². The van der Waals surface area contributed by atoms with Crippen LogP contribution < -0.4 is 19.7 Å². The lowest BCUT2D eigenvalue weighted by molar-refractivity contribution is -0.122. The van der Waals surface area contributed by atoms with Gasteiger partial charge < -0.3 is 19.7 Å². The second-order valence-corrected chi connectivity index (χ2v) is 6.38. The number of methoxy groups -OCH3 is 2. The van der Waals surface area contributed by atoms with Gasteiger partial charge >= 0.3 is 0 Å². The lowest BCUT2D eigenvalue weighted by Gasteiger charge is -2.17. The molecule has 1 heterocycles. The number of halogens is 1. The number of benzene rings is 2. The molecule has 0 saturated carbocycles. The number of carbonyl (C=O) groups is 2. The second-order valence-electron chi connectivity index (χ2n) is 5.94. The van der Waals surface area contributed by atoms with Crippen molar-refractivity contribution in [3.8, 4) is 11.5 Å². The summed E-state index contributed by atoms with van der Waals surface area (Å²) >= 11 is 5.99. The zero-order chi connectivity index (χ0) is 18.7. The molecule has 6 nitrogen and oxygen atoms in total. The Morgan fingerprint density at radius 1 is 1.15 bits per heavy atom. The van der Waals surface area contributed by atoms with Crippen LogP contribution in [-0.2, 0) is 9.59 Å². The Morgan fingerprint density at radius 3 is 2.62 bits per heavy atom. The fourth-order valence-electron chi connectivity index (χ4n) is 2.94. The van der Waals surface area contributed by atoms with E-state index in [-0.39, 0.29) is 18.2 Å². The lowest BCUT2D eigenvalue weighted by Crippen LogP contribution is -2.28. The van der Waals surface area contributed by atoms with Crippen molar-refractivity contribution < 1.29 is 19.1 Å². The van der Waals surface area contributed by atoms with E-state index in [9.17, 15) is 9.59 Å². The molecule has 26 heavy (non-hydrogen) atoms. The Bertz CT molecular complexity index is 840. The molecule has 1 atom stereocenters. The average molecular weight is 375 g/mol. The predicted molar refractivity (Wildman–Crippen MR) is 100 cm³/mol. The number of hydrogen-bond donors (Lipinski definition) is 1. The van der Waals surface area contributed by atoms with Gasteiger partial charge in [-0.2, -0.15) is 0 Å². The molecule has 0 bridgehead atoms. The minimum atomic E-state index is -0.436. The minimum absolute atomic E-state index is 0.0975. The van der Waals surface area contributed by atoms with Crippen LogP contribution in [0, 0.1) is 5.92 Å². The molecule has 1 aliphatic heterocycles. The summed E-state index contributed by atoms with van der Waals surface area (Å²) in [4.78, 5) is 26.5. The number of nitrogens with one attached hydrogen (secondary N) is 1. The molecule has 1 unspecified atom stereocenters. The van der Waals surface area contributed by atoms with E-state index in [1.165, 1.54) is 7.11 Å². The molecule has 0 aromatic heterocycles. The van der Waals surface area contributed by atoms with Gasteiger partial charge in [0.1, 0.15) is 0 Å². The second kappa shape index (κ2) is 7.66. The van der Waals surface area contributed by atoms with Crippen LogP contribution in [0.15, 0.2) is 42.5 Å². The first-order valence-corrected chi connectivity index (χ1v) is 8.48. The summed E-state index contributed by atoms with van der Waals surface area (Å²) in [5.41, 5.74) is 1.28. The van der Waals surface area contributed by atoms with Gasteiger partial charge in [-0.1, -0.05) is 17.7 Å². The smallest absolute Gasteiger partial charge is 0.229 e. The third kappa shape index (κ3) is 3.75. The molecule has 0 radical (unpaired) electrons. The Labute approximate surface area is 156 Å². The number of amides is 2. The van der Waals surface area contributed by atoms with Crippen LogP contribution in [0.1, 0.15) is 6.42 Å². The average Bonchev–Trinajstić information content (AvgIpc) is 3.03. The van der Waals surface area contributed by atoms with Gasteiger partial charge in [-0.05, 0) is 30.3 Å². The molecule has 136 valence electrons. The van der Waals surface area contributed by atoms with Crippen molar-refractivity contribution in [2.24, 2.45) is 5.92 Å². The van der Waals surface area contributed by atoms with Crippen molar-refractivity contribution in [1.29, 1.82) is 0 Å². The number of anilines is 2. The molecule has 3 rings (SSSR count). The van der Waals surface area contributed by atoms with Crippen LogP contribution in [0.25, 0.3) is 0 Å². The number of hydrogen-bond acceptors (Lipinski definition) is 4. The molecule has 0 spiro atoms. The first kappa shape index (κ1) is 18.1. The summed E-state index contributed by atoms with van der Waals surface area (Å²) < 4.78 is 10.4. The van der Waals surface area contributed by atoms with Gasteiger partial charge in [0.25, 0.3) is 0 Å². The number of rotatable bonds is 5. The largest absolute Gasteiger partial charge is 0.493 e. The van der Waals surface area contributed by atoms with Gasteiger partial charge in [0.15, 0.2) is 11.5 Å². The van der Waals surface area contributed by atoms with E-state index in [2.05, 4.69) is 5.32 Å². The van der Waals surface area contributed by atoms with Crippen molar-refractivity contribution in [2.45, 2.75) is 6.42 Å². The molecule has 1 saturated heterocycles. The molecular formula is C19H19ClN2O4. The van der Waals surface area contributed by atoms with Crippen LogP contribution in [0.3, 0.4) is 0 Å². The first-order chi connectivity index (χ1) is 12.5. The summed E-state index contributed by atoms with van der Waals surface area (Å²) in [6.45, 7) is 0.318. The zero-order valence-corrected chi connectivity index (χ0v) is 15.2. The summed E-state index contributed by atoms with van der Waals surface area (Å²) in [5.74, 6) is 0.353. The normalized spacial score (nSPS) is 16.5. The highest BCUT2D eigenvalue weighted by atomic mass is 35.5. The van der Waals surface area contributed by atoms with Gasteiger partial charge in [0.05, 0.1) is 20.1 Å². The highest BCUT2D eigenvalue weighted by Gasteiger charge is 2.35. The summed E-state index contributed by atoms with van der Waals surface area (Å²) in [6, 6.07) is 12.2. The number of carbonyl (C=O) groups excluding carboxylic acids is 2. The maximum Gasteiger partial charge on any atom is 0.229 e. The third-order valence-electron chi connectivity index (χ3n) is 4.27. The molecule has 2 aromatic rings. The molecule has 1 aliphatic rings. The minimum Gasteiger partial charge on any atom is -0.493 e. The van der Waals surface area contributed by atoms with Crippen LogP contribution in [0.5, 0.6) is 11.5 Å². The molecule has 0 aliphatic carbocycles. The highest BCUT2D eigenvalue weighted by molar-refractivity contribution is 6.31. The maximum absolute atomic E-state index is 12.6. The summed E-state index contributed by atoms with van der Waals surface area (Å²) in [6.07, 6.45) is 0.158. The van der Waals surface area contributed by atoms with Crippen molar-refractivity contribution in [2.75, 3.05) is 31.0 Å². The van der Waals surface area contributed by atoms with E-state index in [1.54, 1.807) is 54.5 Å². The monoisotopic (exact) mass is 374 g/mol. The first-order valence-electron chi connectivity index (χ1n) is 8.10. The SMILES string of the molecule is COc1ccc(NC(=O)C2CC(=O)N(c3cccc(Cl)c3)C2)cc1OC. The van der Waals surface area contributed by atoms with Gasteiger partial charge in [-0.25, -0.2) is 0 Å². The quantitative estimate of drug-likeness (QED) is 0.871. The number of nitrogens with zero attached hydrogens (tertiary/aromatic N) is 1. The van der Waals surface area contributed by atoms with Crippen molar-refractivity contribution in [1.82, 2.24) is 0 Å². The Balaban J connectivity index is 1.70. The van der Waals surface area contributed by atoms with Gasteiger partial charge in [0.2, 0.25) is 11.8 Å². The summed E-state index contributed by atoms with van der Waals surface area (Å²) in [7, 11) is 3.08. The fourth-order valence-corrected chi connectivity index (χ4v) is 3.12. The standard InChI is InChI=1S/C19H19ClN2O4/c1-25-16-7-6-14(10-17(16)26-2)21-19(24)12-8-18(23)22(11-12)15-5-3-4-13(20)9-15/h3-7,9-10,12H,8,11H2,1-2H3,(H,21,24). The van der Waals surface area contributed by atoms with Crippen LogP contribution in [0.2, 0.25) is 5.02 Å². The van der Waals surface area contributed by atoms with Gasteiger partial charge in [0, 0.05) is 35.4 Å². The van der Waals surface area contributed by atoms with Crippen molar-refractivity contribution in [3.05, 3.63) is 47.5 Å². The topological polar surface area (TPSA) is 67.9 Å². The van der Waals surface area contributed by atoms with E-state index in [1.807, 2.05) is 0 Å². The molecule has 2 aromatic carbocycles. The van der Waals surface area contributed by atoms with Crippen LogP contribution in [0.4, 0.5) is 11.4 Å². The molecule has 1 fully saturated rings. The van der Waals surface area contributed by atoms with Crippen molar-refractivity contribution >= 4 is 34.8 Å². The molecule has 7 heteroatoms. The van der Waals surface area contributed by atoms with Crippen LogP contribution in [-0.4, -0.2) is 32.6 Å². The van der Waals surface area contributed by atoms with Gasteiger partial charge in [-0.15, -0.1) is 0 Å². The molecular weight excluding hydrogens is 356 g/mol. The van der Waals surface area contributed by atoms with E-state index in [0.29, 0.717) is 34.4 Å². The maximum atomic E-state index is 12.6. The third-order valence-corrected chi connectivity index (χ3v) is 4.50. The lowest BCUT2D eigenvalue weighted by atomic mass is 10.1. The Hall–Kier alpha value is -2.73. The van der Waals surface area contributed by atoms with E-state index in [0.717, 1.165) is 0 Å². The Morgan fingerprint density at radius 2 is 1.92 bits per heavy atom. The zero-order valence-electron chi connectivity index (χ0n) is 14.5. The van der Waals surface area contributed by atoms with E-state index in [4.69, 9.17) is 21.1 Å². The molecule has 1 N–H and O–H groups in total. The fraction of sp³-hybridized carbons (Fsp3) is 0.263. The summed E-state index contributed by atoms with van der Waals surface area (Å²) in [5, 5.41) is 3.38.